The van der Waals surface area contributed by atoms with Gasteiger partial charge < -0.3 is 15.2 Å². The molecule has 0 heterocycles. The van der Waals surface area contributed by atoms with E-state index in [0.29, 0.717) is 15.6 Å². The average molecular weight is 455 g/mol. The normalized spacial score (nSPS) is 10.8. The predicted octanol–water partition coefficient (Wildman–Crippen LogP) is 4.34. The second-order valence-corrected chi connectivity index (χ2v) is 6.78. The molecule has 0 saturated heterocycles. The SMILES string of the molecule is COc1cc(/C=C(/C#N)C(=O)NC(N)=O)cc(Cl)c1OCc1ccc(Cl)c(Cl)c1. The Hall–Kier alpha value is -2.92. The van der Waals surface area contributed by atoms with Gasteiger partial charge in [-0.1, -0.05) is 40.9 Å². The van der Waals surface area contributed by atoms with Crippen LogP contribution in [0, 0.1) is 11.3 Å². The number of methoxy groups -OCH3 is 1. The van der Waals surface area contributed by atoms with Crippen molar-refractivity contribution in [2.75, 3.05) is 7.11 Å². The van der Waals surface area contributed by atoms with Gasteiger partial charge in [0.1, 0.15) is 18.2 Å². The van der Waals surface area contributed by atoms with E-state index in [1.807, 2.05) is 5.32 Å². The first-order valence-electron chi connectivity index (χ1n) is 7.92. The second kappa shape index (κ2) is 10.0. The van der Waals surface area contributed by atoms with Crippen LogP contribution in [0.3, 0.4) is 0 Å². The van der Waals surface area contributed by atoms with Crippen molar-refractivity contribution in [1.29, 1.82) is 5.26 Å². The molecule has 2 rings (SSSR count). The van der Waals surface area contributed by atoms with Crippen LogP contribution in [0.25, 0.3) is 6.08 Å². The molecule has 2 aromatic carbocycles. The highest BCUT2D eigenvalue weighted by atomic mass is 35.5. The molecule has 0 aromatic heterocycles. The quantitative estimate of drug-likeness (QED) is 0.498. The number of primary amides is 1. The van der Waals surface area contributed by atoms with Crippen molar-refractivity contribution in [3.05, 3.63) is 62.1 Å². The summed E-state index contributed by atoms with van der Waals surface area (Å²) in [6, 6.07) is 8.67. The molecule has 2 aromatic rings. The zero-order valence-electron chi connectivity index (χ0n) is 15.0. The van der Waals surface area contributed by atoms with Gasteiger partial charge in [-0.3, -0.25) is 10.1 Å². The van der Waals surface area contributed by atoms with Crippen molar-refractivity contribution >= 4 is 52.8 Å². The van der Waals surface area contributed by atoms with Crippen molar-refractivity contribution < 1.29 is 19.1 Å². The summed E-state index contributed by atoms with van der Waals surface area (Å²) in [5.41, 5.74) is 5.69. The van der Waals surface area contributed by atoms with E-state index in [1.54, 1.807) is 24.3 Å². The number of ether oxygens (including phenoxy) is 2. The van der Waals surface area contributed by atoms with Crippen LogP contribution in [0.15, 0.2) is 35.9 Å². The molecule has 0 unspecified atom stereocenters. The number of nitrogens with one attached hydrogen (secondary N) is 1. The molecule has 0 aliphatic heterocycles. The highest BCUT2D eigenvalue weighted by Gasteiger charge is 2.15. The van der Waals surface area contributed by atoms with E-state index in [9.17, 15) is 9.59 Å². The Bertz CT molecular complexity index is 1030. The zero-order chi connectivity index (χ0) is 21.6. The fourth-order valence-electron chi connectivity index (χ4n) is 2.24. The third-order valence-corrected chi connectivity index (χ3v) is 4.55. The number of imide groups is 1. The third-order valence-electron chi connectivity index (χ3n) is 3.53. The summed E-state index contributed by atoms with van der Waals surface area (Å²) in [5.74, 6) is -0.399. The predicted molar refractivity (Wildman–Crippen MR) is 110 cm³/mol. The van der Waals surface area contributed by atoms with Crippen LogP contribution in [-0.2, 0) is 11.4 Å². The van der Waals surface area contributed by atoms with E-state index >= 15 is 0 Å². The number of nitriles is 1. The molecular formula is C19H14Cl3N3O4. The molecule has 0 bridgehead atoms. The van der Waals surface area contributed by atoms with Crippen molar-refractivity contribution in [2.45, 2.75) is 6.61 Å². The molecule has 10 heteroatoms. The van der Waals surface area contributed by atoms with Crippen LogP contribution >= 0.6 is 34.8 Å². The number of benzene rings is 2. The Balaban J connectivity index is 2.29. The summed E-state index contributed by atoms with van der Waals surface area (Å²) in [6.07, 6.45) is 1.23. The Kier molecular flexibility index (Phi) is 7.74. The van der Waals surface area contributed by atoms with Crippen LogP contribution < -0.4 is 20.5 Å². The van der Waals surface area contributed by atoms with E-state index < -0.39 is 11.9 Å². The van der Waals surface area contributed by atoms with Gasteiger partial charge in [0.2, 0.25) is 0 Å². The van der Waals surface area contributed by atoms with Gasteiger partial charge >= 0.3 is 6.03 Å². The van der Waals surface area contributed by atoms with Gasteiger partial charge in [0.05, 0.1) is 22.2 Å². The van der Waals surface area contributed by atoms with E-state index in [2.05, 4.69) is 0 Å². The van der Waals surface area contributed by atoms with Crippen molar-refractivity contribution in [3.8, 4) is 17.6 Å². The largest absolute Gasteiger partial charge is 0.493 e. The molecule has 0 spiro atoms. The summed E-state index contributed by atoms with van der Waals surface area (Å²) in [7, 11) is 1.41. The monoisotopic (exact) mass is 453 g/mol. The minimum Gasteiger partial charge on any atom is -0.493 e. The van der Waals surface area contributed by atoms with E-state index in [-0.39, 0.29) is 28.7 Å². The van der Waals surface area contributed by atoms with Gasteiger partial charge in [-0.05, 0) is 41.5 Å². The topological polar surface area (TPSA) is 114 Å². The number of carbonyl (C=O) groups is 2. The number of amides is 3. The highest BCUT2D eigenvalue weighted by molar-refractivity contribution is 6.42. The number of urea groups is 1. The lowest BCUT2D eigenvalue weighted by atomic mass is 10.1. The van der Waals surface area contributed by atoms with Gasteiger partial charge in [-0.15, -0.1) is 0 Å². The van der Waals surface area contributed by atoms with Crippen LogP contribution in [0.1, 0.15) is 11.1 Å². The fraction of sp³-hybridized carbons (Fsp3) is 0.105. The van der Waals surface area contributed by atoms with Crippen LogP contribution in [-0.4, -0.2) is 19.0 Å². The zero-order valence-corrected chi connectivity index (χ0v) is 17.2. The molecule has 3 amide bonds. The van der Waals surface area contributed by atoms with E-state index in [1.165, 1.54) is 25.3 Å². The summed E-state index contributed by atoms with van der Waals surface area (Å²) in [5, 5.41) is 12.0. The summed E-state index contributed by atoms with van der Waals surface area (Å²) in [6.45, 7) is 0.145. The molecule has 3 N–H and O–H groups in total. The summed E-state index contributed by atoms with van der Waals surface area (Å²) in [4.78, 5) is 22.6. The Morgan fingerprint density at radius 2 is 1.90 bits per heavy atom. The Morgan fingerprint density at radius 3 is 2.48 bits per heavy atom. The molecule has 0 saturated carbocycles. The molecule has 7 nitrogen and oxygen atoms in total. The maximum absolute atomic E-state index is 11.8. The van der Waals surface area contributed by atoms with E-state index in [0.717, 1.165) is 5.56 Å². The van der Waals surface area contributed by atoms with Crippen LogP contribution in [0.2, 0.25) is 15.1 Å². The minimum atomic E-state index is -1.07. The number of hydrogen-bond acceptors (Lipinski definition) is 5. The number of nitrogens with two attached hydrogens (primary N) is 1. The third kappa shape index (κ3) is 6.03. The summed E-state index contributed by atoms with van der Waals surface area (Å²) < 4.78 is 11.0. The van der Waals surface area contributed by atoms with Crippen LogP contribution in [0.5, 0.6) is 11.5 Å². The maximum atomic E-state index is 11.8. The molecule has 0 aliphatic rings. The number of halogens is 3. The first-order chi connectivity index (χ1) is 13.7. The van der Waals surface area contributed by atoms with Gasteiger partial charge in [-0.25, -0.2) is 4.79 Å². The molecular weight excluding hydrogens is 441 g/mol. The first kappa shape index (κ1) is 22.4. The molecule has 29 heavy (non-hydrogen) atoms. The van der Waals surface area contributed by atoms with E-state index in [4.69, 9.17) is 55.3 Å². The number of nitrogens with zero attached hydrogens (tertiary/aromatic N) is 1. The van der Waals surface area contributed by atoms with Crippen molar-refractivity contribution in [3.63, 3.8) is 0 Å². The minimum absolute atomic E-state index is 0.145. The lowest BCUT2D eigenvalue weighted by molar-refractivity contribution is -0.115. The number of hydrogen-bond donors (Lipinski definition) is 2. The van der Waals surface area contributed by atoms with Crippen molar-refractivity contribution in [2.24, 2.45) is 5.73 Å². The second-order valence-electron chi connectivity index (χ2n) is 5.56. The number of rotatable bonds is 6. The lowest BCUT2D eigenvalue weighted by Gasteiger charge is -2.14. The average Bonchev–Trinajstić information content (AvgIpc) is 2.66. The maximum Gasteiger partial charge on any atom is 0.319 e. The Labute approximate surface area is 181 Å². The summed E-state index contributed by atoms with van der Waals surface area (Å²) >= 11 is 18.2. The van der Waals surface area contributed by atoms with Gasteiger partial charge in [0, 0.05) is 0 Å². The molecule has 0 fully saturated rings. The number of carbonyl (C=O) groups excluding carboxylic acids is 2. The van der Waals surface area contributed by atoms with Crippen molar-refractivity contribution in [1.82, 2.24) is 5.32 Å². The van der Waals surface area contributed by atoms with Gasteiger partial charge in [0.25, 0.3) is 5.91 Å². The fourth-order valence-corrected chi connectivity index (χ4v) is 2.84. The van der Waals surface area contributed by atoms with Crippen LogP contribution in [0.4, 0.5) is 4.79 Å². The smallest absolute Gasteiger partial charge is 0.319 e. The molecule has 0 radical (unpaired) electrons. The lowest BCUT2D eigenvalue weighted by Crippen LogP contribution is -2.35. The van der Waals surface area contributed by atoms with Gasteiger partial charge in [-0.2, -0.15) is 5.26 Å². The Morgan fingerprint density at radius 1 is 1.17 bits per heavy atom. The standard InChI is InChI=1S/C19H14Cl3N3O4/c1-28-16-7-11(4-12(8-23)18(26)25-19(24)27)6-15(22)17(16)29-9-10-2-3-13(20)14(21)5-10/h2-7H,9H2,1H3,(H3,24,25,26,27)/b12-4-. The molecule has 150 valence electrons. The molecule has 0 aliphatic carbocycles. The van der Waals surface area contributed by atoms with Gasteiger partial charge in [0.15, 0.2) is 11.5 Å². The highest BCUT2D eigenvalue weighted by Crippen LogP contribution is 2.37. The molecule has 0 atom stereocenters. The first-order valence-corrected chi connectivity index (χ1v) is 9.05.